The number of amides is 1. The van der Waals surface area contributed by atoms with Crippen LogP contribution in [0, 0.1) is 11.3 Å². The van der Waals surface area contributed by atoms with Crippen molar-refractivity contribution in [3.63, 3.8) is 0 Å². The summed E-state index contributed by atoms with van der Waals surface area (Å²) in [7, 11) is 0. The van der Waals surface area contributed by atoms with Gasteiger partial charge in [0, 0.05) is 17.7 Å². The van der Waals surface area contributed by atoms with E-state index in [-0.39, 0.29) is 5.91 Å². The average molecular weight is 262 g/mol. The third-order valence-electron chi connectivity index (χ3n) is 3.64. The normalized spacial score (nSPS) is 20.2. The summed E-state index contributed by atoms with van der Waals surface area (Å²) < 4.78 is 0. The number of nitrogens with two attached hydrogens (primary N) is 1. The van der Waals surface area contributed by atoms with E-state index >= 15 is 0 Å². The Kier molecular flexibility index (Phi) is 3.39. The minimum Gasteiger partial charge on any atom is -0.389 e. The van der Waals surface area contributed by atoms with Crippen LogP contribution in [-0.4, -0.2) is 17.4 Å². The van der Waals surface area contributed by atoms with Gasteiger partial charge in [-0.05, 0) is 29.9 Å². The van der Waals surface area contributed by atoms with Gasteiger partial charge in [0.05, 0.1) is 0 Å². The highest BCUT2D eigenvalue weighted by Crippen LogP contribution is 2.50. The van der Waals surface area contributed by atoms with Gasteiger partial charge in [-0.15, -0.1) is 0 Å². The SMILES string of the molecule is CC1(C)CC1CNC(=O)c1cccc(C(N)=S)c1. The van der Waals surface area contributed by atoms with Crippen LogP contribution in [0.25, 0.3) is 0 Å². The van der Waals surface area contributed by atoms with Crippen LogP contribution >= 0.6 is 12.2 Å². The summed E-state index contributed by atoms with van der Waals surface area (Å²) in [4.78, 5) is 12.3. The van der Waals surface area contributed by atoms with Crippen molar-refractivity contribution >= 4 is 23.1 Å². The van der Waals surface area contributed by atoms with Crippen molar-refractivity contribution < 1.29 is 4.79 Å². The van der Waals surface area contributed by atoms with E-state index < -0.39 is 0 Å². The minimum absolute atomic E-state index is 0.0594. The molecule has 0 bridgehead atoms. The molecule has 1 aromatic rings. The lowest BCUT2D eigenvalue weighted by Crippen LogP contribution is -2.26. The third-order valence-corrected chi connectivity index (χ3v) is 3.87. The summed E-state index contributed by atoms with van der Waals surface area (Å²) in [6.45, 7) is 5.18. The number of carbonyl (C=O) groups excluding carboxylic acids is 1. The average Bonchev–Trinajstić information content (AvgIpc) is 2.94. The summed E-state index contributed by atoms with van der Waals surface area (Å²) >= 11 is 4.90. The predicted molar refractivity (Wildman–Crippen MR) is 76.6 cm³/mol. The Hall–Kier alpha value is -1.42. The Morgan fingerprint density at radius 3 is 2.67 bits per heavy atom. The molecule has 0 saturated heterocycles. The van der Waals surface area contributed by atoms with Crippen LogP contribution in [0.5, 0.6) is 0 Å². The van der Waals surface area contributed by atoms with Crippen molar-refractivity contribution in [3.05, 3.63) is 35.4 Å². The molecule has 1 atom stereocenters. The molecule has 1 unspecified atom stereocenters. The van der Waals surface area contributed by atoms with Crippen LogP contribution < -0.4 is 11.1 Å². The van der Waals surface area contributed by atoms with Gasteiger partial charge in [0.15, 0.2) is 0 Å². The molecule has 0 radical (unpaired) electrons. The smallest absolute Gasteiger partial charge is 0.251 e. The van der Waals surface area contributed by atoms with Gasteiger partial charge in [-0.2, -0.15) is 0 Å². The van der Waals surface area contributed by atoms with Crippen LogP contribution in [0.1, 0.15) is 36.2 Å². The lowest BCUT2D eigenvalue weighted by molar-refractivity contribution is 0.0950. The monoisotopic (exact) mass is 262 g/mol. The van der Waals surface area contributed by atoms with Gasteiger partial charge in [0.2, 0.25) is 0 Å². The van der Waals surface area contributed by atoms with Crippen molar-refractivity contribution in [2.75, 3.05) is 6.54 Å². The predicted octanol–water partition coefficient (Wildman–Crippen LogP) is 2.10. The standard InChI is InChI=1S/C14H18N2OS/c1-14(2)7-11(14)8-16-13(17)10-5-3-4-9(6-10)12(15)18/h3-6,11H,7-8H2,1-2H3,(H2,15,18)(H,16,17). The number of rotatable bonds is 4. The molecule has 1 aliphatic rings. The highest BCUT2D eigenvalue weighted by molar-refractivity contribution is 7.80. The number of hydrogen-bond acceptors (Lipinski definition) is 2. The third kappa shape index (κ3) is 2.88. The van der Waals surface area contributed by atoms with E-state index in [2.05, 4.69) is 19.2 Å². The zero-order chi connectivity index (χ0) is 13.3. The van der Waals surface area contributed by atoms with Gasteiger partial charge >= 0.3 is 0 Å². The van der Waals surface area contributed by atoms with Gasteiger partial charge in [0.1, 0.15) is 4.99 Å². The molecule has 3 N–H and O–H groups in total. The van der Waals surface area contributed by atoms with Crippen molar-refractivity contribution in [1.29, 1.82) is 0 Å². The van der Waals surface area contributed by atoms with E-state index in [0.29, 0.717) is 21.9 Å². The van der Waals surface area contributed by atoms with Gasteiger partial charge in [-0.25, -0.2) is 0 Å². The van der Waals surface area contributed by atoms with Crippen LogP contribution in [0.4, 0.5) is 0 Å². The summed E-state index contributed by atoms with van der Waals surface area (Å²) in [5, 5.41) is 2.96. The largest absolute Gasteiger partial charge is 0.389 e. The number of nitrogens with one attached hydrogen (secondary N) is 1. The van der Waals surface area contributed by atoms with E-state index in [1.807, 2.05) is 6.07 Å². The van der Waals surface area contributed by atoms with Gasteiger partial charge < -0.3 is 11.1 Å². The minimum atomic E-state index is -0.0594. The molecule has 0 heterocycles. The molecule has 4 heteroatoms. The number of thiocarbonyl (C=S) groups is 1. The van der Waals surface area contributed by atoms with Crippen molar-refractivity contribution in [1.82, 2.24) is 5.32 Å². The summed E-state index contributed by atoms with van der Waals surface area (Å²) in [6.07, 6.45) is 1.18. The quantitative estimate of drug-likeness (QED) is 0.817. The summed E-state index contributed by atoms with van der Waals surface area (Å²) in [6, 6.07) is 7.11. The van der Waals surface area contributed by atoms with E-state index in [4.69, 9.17) is 18.0 Å². The first-order valence-electron chi connectivity index (χ1n) is 6.08. The molecule has 18 heavy (non-hydrogen) atoms. The van der Waals surface area contributed by atoms with Gasteiger partial charge in [0.25, 0.3) is 5.91 Å². The molecule has 0 spiro atoms. The maximum atomic E-state index is 12.0. The Balaban J connectivity index is 1.96. The molecule has 1 amide bonds. The second kappa shape index (κ2) is 4.69. The van der Waals surface area contributed by atoms with Crippen LogP contribution in [0.2, 0.25) is 0 Å². The van der Waals surface area contributed by atoms with Crippen LogP contribution in [-0.2, 0) is 0 Å². The Morgan fingerprint density at radius 1 is 1.50 bits per heavy atom. The maximum absolute atomic E-state index is 12.0. The zero-order valence-corrected chi connectivity index (χ0v) is 11.5. The first-order chi connectivity index (χ1) is 8.40. The molecule has 2 rings (SSSR count). The molecule has 1 aromatic carbocycles. The zero-order valence-electron chi connectivity index (χ0n) is 10.7. The maximum Gasteiger partial charge on any atom is 0.251 e. The molecule has 3 nitrogen and oxygen atoms in total. The van der Waals surface area contributed by atoms with E-state index in [1.54, 1.807) is 18.2 Å². The van der Waals surface area contributed by atoms with Gasteiger partial charge in [-0.3, -0.25) is 4.79 Å². The van der Waals surface area contributed by atoms with Crippen molar-refractivity contribution in [2.45, 2.75) is 20.3 Å². The Bertz CT molecular complexity index is 496. The molecule has 1 fully saturated rings. The first kappa shape index (κ1) is 13.0. The topological polar surface area (TPSA) is 55.1 Å². The second-order valence-corrected chi connectivity index (χ2v) is 5.98. The fourth-order valence-corrected chi connectivity index (χ4v) is 2.18. The molecule has 96 valence electrons. The molecule has 1 aliphatic carbocycles. The highest BCUT2D eigenvalue weighted by Gasteiger charge is 2.45. The van der Waals surface area contributed by atoms with E-state index in [0.717, 1.165) is 12.1 Å². The number of benzene rings is 1. The summed E-state index contributed by atoms with van der Waals surface area (Å²) in [5.74, 6) is 0.538. The lowest BCUT2D eigenvalue weighted by atomic mass is 10.1. The first-order valence-corrected chi connectivity index (χ1v) is 6.49. The molecule has 0 aromatic heterocycles. The summed E-state index contributed by atoms with van der Waals surface area (Å²) in [5.41, 5.74) is 7.27. The van der Waals surface area contributed by atoms with E-state index in [1.165, 1.54) is 6.42 Å². The lowest BCUT2D eigenvalue weighted by Gasteiger charge is -2.07. The van der Waals surface area contributed by atoms with Crippen molar-refractivity contribution in [2.24, 2.45) is 17.1 Å². The number of hydrogen-bond donors (Lipinski definition) is 2. The fraction of sp³-hybridized carbons (Fsp3) is 0.429. The van der Waals surface area contributed by atoms with Crippen LogP contribution in [0.3, 0.4) is 0 Å². The Morgan fingerprint density at radius 2 is 2.11 bits per heavy atom. The van der Waals surface area contributed by atoms with Gasteiger partial charge in [-0.1, -0.05) is 38.2 Å². The number of carbonyl (C=O) groups is 1. The molecular weight excluding hydrogens is 244 g/mol. The van der Waals surface area contributed by atoms with Crippen LogP contribution in [0.15, 0.2) is 24.3 Å². The molecule has 1 saturated carbocycles. The van der Waals surface area contributed by atoms with Crippen molar-refractivity contribution in [3.8, 4) is 0 Å². The Labute approximate surface area is 113 Å². The fourth-order valence-electron chi connectivity index (χ4n) is 2.06. The molecular formula is C14H18N2OS. The van der Waals surface area contributed by atoms with E-state index in [9.17, 15) is 4.79 Å². The highest BCUT2D eigenvalue weighted by atomic mass is 32.1. The second-order valence-electron chi connectivity index (χ2n) is 5.54. The molecule has 0 aliphatic heterocycles.